The molecule has 0 spiro atoms. The standard InChI is InChI=1S/C24H25FN4O5S/c1-24(6-7-24)35(31,32)27-23(30)19-13-26-21-5-4-16(14-29(19)21)28-8-2-3-18(28)17-11-15(25)12-20-22(17)34-10-9-33-20/h4-5,11-14,18H,2-3,6-10H2,1H3,(H,27,30). The summed E-state index contributed by atoms with van der Waals surface area (Å²) in [6.45, 7) is 3.13. The molecule has 1 atom stereocenters. The largest absolute Gasteiger partial charge is 0.486 e. The van der Waals surface area contributed by atoms with Crippen LogP contribution in [0, 0.1) is 5.82 Å². The Morgan fingerprint density at radius 2 is 2.03 bits per heavy atom. The lowest BCUT2D eigenvalue weighted by Gasteiger charge is -2.30. The highest BCUT2D eigenvalue weighted by atomic mass is 32.2. The first-order valence-electron chi connectivity index (χ1n) is 11.7. The highest BCUT2D eigenvalue weighted by Crippen LogP contribution is 2.45. The second-order valence-corrected chi connectivity index (χ2v) is 11.7. The third kappa shape index (κ3) is 3.69. The zero-order valence-electron chi connectivity index (χ0n) is 19.2. The number of nitrogens with one attached hydrogen (secondary N) is 1. The minimum Gasteiger partial charge on any atom is -0.486 e. The third-order valence-corrected chi connectivity index (χ3v) is 9.29. The Morgan fingerprint density at radius 1 is 1.23 bits per heavy atom. The highest BCUT2D eigenvalue weighted by Gasteiger charge is 2.51. The van der Waals surface area contributed by atoms with Crippen LogP contribution >= 0.6 is 0 Å². The molecule has 1 unspecified atom stereocenters. The van der Waals surface area contributed by atoms with Crippen molar-refractivity contribution >= 4 is 27.3 Å². The monoisotopic (exact) mass is 500 g/mol. The molecule has 1 aliphatic carbocycles. The van der Waals surface area contributed by atoms with Crippen molar-refractivity contribution in [1.82, 2.24) is 14.1 Å². The van der Waals surface area contributed by atoms with Crippen LogP contribution in [0.15, 0.2) is 36.7 Å². The Morgan fingerprint density at radius 3 is 2.83 bits per heavy atom. The second kappa shape index (κ2) is 7.84. The van der Waals surface area contributed by atoms with Crippen molar-refractivity contribution in [2.45, 2.75) is 43.4 Å². The molecule has 0 bridgehead atoms. The predicted octanol–water partition coefficient (Wildman–Crippen LogP) is 3.20. The van der Waals surface area contributed by atoms with Gasteiger partial charge in [0.25, 0.3) is 5.91 Å². The van der Waals surface area contributed by atoms with Crippen LogP contribution in [0.5, 0.6) is 11.5 Å². The van der Waals surface area contributed by atoms with E-state index in [1.165, 1.54) is 18.3 Å². The van der Waals surface area contributed by atoms with Crippen molar-refractivity contribution < 1.29 is 27.1 Å². The van der Waals surface area contributed by atoms with E-state index in [-0.39, 0.29) is 17.6 Å². The fraction of sp³-hybridized carbons (Fsp3) is 0.417. The summed E-state index contributed by atoms with van der Waals surface area (Å²) in [5.41, 5.74) is 2.18. The lowest BCUT2D eigenvalue weighted by Crippen LogP contribution is -2.38. The van der Waals surface area contributed by atoms with E-state index in [4.69, 9.17) is 9.47 Å². The number of rotatable bonds is 5. The van der Waals surface area contributed by atoms with Crippen LogP contribution in [0.25, 0.3) is 5.65 Å². The molecule has 11 heteroatoms. The molecule has 2 fully saturated rings. The van der Waals surface area contributed by atoms with Crippen molar-refractivity contribution in [2.24, 2.45) is 0 Å². The Balaban J connectivity index is 1.34. The number of amides is 1. The molecule has 9 nitrogen and oxygen atoms in total. The summed E-state index contributed by atoms with van der Waals surface area (Å²) in [5.74, 6) is -0.124. The minimum atomic E-state index is -3.78. The number of imidazole rings is 1. The SMILES string of the molecule is CC1(S(=O)(=O)NC(=O)c2cnc3ccc(N4CCCC4c4cc(F)cc5c4OCCO5)cn23)CC1. The molecular formula is C24H25FN4O5S. The van der Waals surface area contributed by atoms with Crippen LogP contribution in [-0.4, -0.2) is 48.2 Å². The molecule has 3 aliphatic rings. The summed E-state index contributed by atoms with van der Waals surface area (Å²) < 4.78 is 53.9. The van der Waals surface area contributed by atoms with Crippen molar-refractivity contribution in [2.75, 3.05) is 24.7 Å². The van der Waals surface area contributed by atoms with E-state index in [9.17, 15) is 17.6 Å². The van der Waals surface area contributed by atoms with Crippen LogP contribution in [0.1, 0.15) is 54.7 Å². The van der Waals surface area contributed by atoms with Crippen LogP contribution < -0.4 is 19.1 Å². The summed E-state index contributed by atoms with van der Waals surface area (Å²) in [6.07, 6.45) is 5.89. The van der Waals surface area contributed by atoms with Crippen molar-refractivity contribution in [3.8, 4) is 11.5 Å². The maximum Gasteiger partial charge on any atom is 0.283 e. The number of ether oxygens (including phenoxy) is 2. The van der Waals surface area contributed by atoms with Gasteiger partial charge in [0, 0.05) is 24.4 Å². The highest BCUT2D eigenvalue weighted by molar-refractivity contribution is 7.91. The van der Waals surface area contributed by atoms with Gasteiger partial charge in [-0.1, -0.05) is 0 Å². The predicted molar refractivity (Wildman–Crippen MR) is 126 cm³/mol. The number of aromatic nitrogens is 2. The zero-order valence-corrected chi connectivity index (χ0v) is 20.0. The second-order valence-electron chi connectivity index (χ2n) is 9.51. The summed E-state index contributed by atoms with van der Waals surface area (Å²) in [7, 11) is -3.78. The molecule has 184 valence electrons. The summed E-state index contributed by atoms with van der Waals surface area (Å²) in [6, 6.07) is 6.37. The van der Waals surface area contributed by atoms with Crippen LogP contribution in [0.4, 0.5) is 10.1 Å². The molecule has 35 heavy (non-hydrogen) atoms. The maximum absolute atomic E-state index is 14.4. The smallest absolute Gasteiger partial charge is 0.283 e. The first kappa shape index (κ1) is 22.1. The lowest BCUT2D eigenvalue weighted by molar-refractivity contribution is 0.0975. The number of sulfonamides is 1. The van der Waals surface area contributed by atoms with E-state index in [1.807, 2.05) is 6.07 Å². The van der Waals surface area contributed by atoms with Gasteiger partial charge in [-0.15, -0.1) is 0 Å². The Labute approximate surface area is 201 Å². The first-order chi connectivity index (χ1) is 16.8. The van der Waals surface area contributed by atoms with Gasteiger partial charge < -0.3 is 14.4 Å². The minimum absolute atomic E-state index is 0.130. The van der Waals surface area contributed by atoms with E-state index in [0.29, 0.717) is 43.2 Å². The van der Waals surface area contributed by atoms with Gasteiger partial charge in [0.1, 0.15) is 30.4 Å². The Kier molecular flexibility index (Phi) is 4.96. The molecule has 1 saturated carbocycles. The van der Waals surface area contributed by atoms with Crippen LogP contribution in [-0.2, 0) is 10.0 Å². The quantitative estimate of drug-likeness (QED) is 0.574. The van der Waals surface area contributed by atoms with Gasteiger partial charge in [0.05, 0.1) is 22.7 Å². The number of benzene rings is 1. The third-order valence-electron chi connectivity index (χ3n) is 7.13. The van der Waals surface area contributed by atoms with Gasteiger partial charge in [-0.05, 0) is 50.8 Å². The molecule has 1 aromatic carbocycles. The van der Waals surface area contributed by atoms with Crippen LogP contribution in [0.3, 0.4) is 0 Å². The van der Waals surface area contributed by atoms with Gasteiger partial charge in [0.15, 0.2) is 11.5 Å². The Bertz CT molecular complexity index is 1450. The summed E-state index contributed by atoms with van der Waals surface area (Å²) in [5, 5.41) is 0. The number of halogens is 1. The van der Waals surface area contributed by atoms with E-state index in [2.05, 4.69) is 14.6 Å². The van der Waals surface area contributed by atoms with Gasteiger partial charge in [-0.25, -0.2) is 22.5 Å². The van der Waals surface area contributed by atoms with E-state index >= 15 is 0 Å². The lowest BCUT2D eigenvalue weighted by atomic mass is 10.0. The van der Waals surface area contributed by atoms with Crippen molar-refractivity contribution in [3.05, 3.63) is 53.7 Å². The van der Waals surface area contributed by atoms with E-state index in [1.54, 1.807) is 23.6 Å². The topological polar surface area (TPSA) is 102 Å². The number of nitrogens with zero attached hydrogens (tertiary/aromatic N) is 3. The van der Waals surface area contributed by atoms with E-state index in [0.717, 1.165) is 30.6 Å². The summed E-state index contributed by atoms with van der Waals surface area (Å²) >= 11 is 0. The average Bonchev–Trinajstić information content (AvgIpc) is 3.24. The number of carbonyl (C=O) groups excluding carboxylic acids is 1. The Hall–Kier alpha value is -3.34. The average molecular weight is 501 g/mol. The molecule has 3 aromatic rings. The molecule has 6 rings (SSSR count). The zero-order chi connectivity index (χ0) is 24.4. The molecule has 1 N–H and O–H groups in total. The fourth-order valence-electron chi connectivity index (χ4n) is 4.84. The first-order valence-corrected chi connectivity index (χ1v) is 13.1. The van der Waals surface area contributed by atoms with Crippen molar-refractivity contribution in [1.29, 1.82) is 0 Å². The fourth-order valence-corrected chi connectivity index (χ4v) is 6.08. The van der Waals surface area contributed by atoms with E-state index < -0.39 is 20.7 Å². The maximum atomic E-state index is 14.4. The molecule has 1 saturated heterocycles. The number of carbonyl (C=O) groups is 1. The van der Waals surface area contributed by atoms with Crippen molar-refractivity contribution in [3.63, 3.8) is 0 Å². The number of hydrogen-bond donors (Lipinski definition) is 1. The van der Waals surface area contributed by atoms with Crippen LogP contribution in [0.2, 0.25) is 0 Å². The summed E-state index contributed by atoms with van der Waals surface area (Å²) in [4.78, 5) is 19.3. The van der Waals surface area contributed by atoms with Gasteiger partial charge in [0.2, 0.25) is 10.0 Å². The molecule has 4 heterocycles. The number of anilines is 1. The number of pyridine rings is 1. The molecule has 0 radical (unpaired) electrons. The van der Waals surface area contributed by atoms with Gasteiger partial charge in [-0.2, -0.15) is 0 Å². The van der Waals surface area contributed by atoms with Gasteiger partial charge in [-0.3, -0.25) is 9.20 Å². The molecule has 1 amide bonds. The normalized spacial score (nSPS) is 20.7. The molecule has 2 aliphatic heterocycles. The number of hydrogen-bond acceptors (Lipinski definition) is 7. The van der Waals surface area contributed by atoms with Gasteiger partial charge >= 0.3 is 0 Å². The number of fused-ring (bicyclic) bond motifs is 2. The molecular weight excluding hydrogens is 475 g/mol. The molecule has 2 aromatic heterocycles.